The van der Waals surface area contributed by atoms with Crippen LogP contribution in [0.15, 0.2) is 24.3 Å². The van der Waals surface area contributed by atoms with Gasteiger partial charge in [0, 0.05) is 38.6 Å². The van der Waals surface area contributed by atoms with Gasteiger partial charge in [0.15, 0.2) is 0 Å². The average molecular weight is 570 g/mol. The summed E-state index contributed by atoms with van der Waals surface area (Å²) < 4.78 is 69.5. The fraction of sp³-hybridized carbons (Fsp3) is 0.565. The molecular weight excluding hydrogens is 542 g/mol. The minimum Gasteiger partial charge on any atom is -0.475 e. The van der Waals surface area contributed by atoms with Crippen LogP contribution in [0.4, 0.5) is 26.3 Å². The lowest BCUT2D eigenvalue weighted by Crippen LogP contribution is -2.39. The number of carboxylic acid groups (broad SMARTS) is 2. The van der Waals surface area contributed by atoms with Crippen molar-refractivity contribution in [1.29, 1.82) is 5.26 Å². The average Bonchev–Trinajstić information content (AvgIpc) is 3.40. The number of nitrogens with one attached hydrogen (secondary N) is 1. The maximum atomic E-state index is 12.3. The molecule has 3 rings (SSSR count). The van der Waals surface area contributed by atoms with Crippen LogP contribution in [-0.2, 0) is 25.7 Å². The highest BCUT2D eigenvalue weighted by atomic mass is 19.4. The number of halogens is 6. The summed E-state index contributed by atoms with van der Waals surface area (Å²) in [4.78, 5) is 34.5. The van der Waals surface area contributed by atoms with E-state index in [9.17, 15) is 31.1 Å². The van der Waals surface area contributed by atoms with Crippen LogP contribution in [0.1, 0.15) is 24.0 Å². The molecule has 2 heterocycles. The second-order valence-corrected chi connectivity index (χ2v) is 8.74. The van der Waals surface area contributed by atoms with E-state index < -0.39 is 24.3 Å². The molecule has 3 atom stereocenters. The first-order valence-electron chi connectivity index (χ1n) is 11.4. The summed E-state index contributed by atoms with van der Waals surface area (Å²) in [7, 11) is 3.98. The van der Waals surface area contributed by atoms with Gasteiger partial charge in [0.1, 0.15) is 6.10 Å². The Morgan fingerprint density at radius 2 is 1.69 bits per heavy atom. The van der Waals surface area contributed by atoms with Crippen molar-refractivity contribution in [3.8, 4) is 6.07 Å². The van der Waals surface area contributed by atoms with Crippen LogP contribution in [-0.4, -0.2) is 102 Å². The molecule has 0 aromatic heterocycles. The molecule has 0 unspecified atom stereocenters. The predicted molar refractivity (Wildman–Crippen MR) is 122 cm³/mol. The lowest BCUT2D eigenvalue weighted by molar-refractivity contribution is -0.193. The van der Waals surface area contributed by atoms with Crippen LogP contribution in [0.2, 0.25) is 0 Å². The Labute approximate surface area is 219 Å². The Bertz CT molecular complexity index is 1000. The van der Waals surface area contributed by atoms with Gasteiger partial charge < -0.3 is 25.2 Å². The number of alkyl halides is 6. The molecule has 0 radical (unpaired) electrons. The van der Waals surface area contributed by atoms with Gasteiger partial charge in [-0.2, -0.15) is 31.6 Å². The maximum Gasteiger partial charge on any atom is 0.490 e. The Hall–Kier alpha value is -3.42. The van der Waals surface area contributed by atoms with Crippen molar-refractivity contribution < 1.29 is 55.7 Å². The Morgan fingerprint density at radius 3 is 2.18 bits per heavy atom. The third-order valence-electron chi connectivity index (χ3n) is 5.47. The van der Waals surface area contributed by atoms with E-state index in [4.69, 9.17) is 29.8 Å². The fourth-order valence-corrected chi connectivity index (χ4v) is 3.69. The van der Waals surface area contributed by atoms with Crippen molar-refractivity contribution >= 4 is 17.8 Å². The quantitative estimate of drug-likeness (QED) is 0.439. The van der Waals surface area contributed by atoms with Gasteiger partial charge in [-0.1, -0.05) is 12.1 Å². The Kier molecular flexibility index (Phi) is 12.6. The molecule has 1 amide bonds. The van der Waals surface area contributed by atoms with Crippen molar-refractivity contribution in [3.05, 3.63) is 35.4 Å². The summed E-state index contributed by atoms with van der Waals surface area (Å²) in [6.07, 6.45) is -8.66. The van der Waals surface area contributed by atoms with Crippen molar-refractivity contribution in [1.82, 2.24) is 15.1 Å². The van der Waals surface area contributed by atoms with E-state index in [0.717, 1.165) is 38.0 Å². The summed E-state index contributed by atoms with van der Waals surface area (Å²) in [5.74, 6) is -5.51. The molecule has 2 saturated heterocycles. The van der Waals surface area contributed by atoms with Crippen LogP contribution in [0.3, 0.4) is 0 Å². The number of fused-ring (bicyclic) bond motifs is 1. The van der Waals surface area contributed by atoms with E-state index in [1.165, 1.54) is 0 Å². The molecule has 0 bridgehead atoms. The van der Waals surface area contributed by atoms with Gasteiger partial charge in [0.2, 0.25) is 5.91 Å². The fourth-order valence-electron chi connectivity index (χ4n) is 3.69. The Balaban J connectivity index is 0.000000449. The second kappa shape index (κ2) is 14.7. The molecule has 1 aromatic carbocycles. The van der Waals surface area contributed by atoms with Gasteiger partial charge in [0.25, 0.3) is 0 Å². The molecule has 39 heavy (non-hydrogen) atoms. The number of amides is 1. The normalized spacial score (nSPS) is 20.6. The van der Waals surface area contributed by atoms with Crippen molar-refractivity contribution in [2.45, 2.75) is 50.0 Å². The molecule has 0 aliphatic carbocycles. The number of likely N-dealkylation sites (tertiary alicyclic amines) is 1. The van der Waals surface area contributed by atoms with Gasteiger partial charge in [-0.3, -0.25) is 9.69 Å². The zero-order valence-corrected chi connectivity index (χ0v) is 20.9. The van der Waals surface area contributed by atoms with Crippen LogP contribution >= 0.6 is 0 Å². The number of carboxylic acids is 2. The van der Waals surface area contributed by atoms with E-state index in [0.29, 0.717) is 12.1 Å². The molecule has 10 nitrogen and oxygen atoms in total. The van der Waals surface area contributed by atoms with Gasteiger partial charge in [-0.05, 0) is 38.2 Å². The first-order chi connectivity index (χ1) is 17.9. The maximum absolute atomic E-state index is 12.3. The number of carbonyl (C=O) groups excluding carboxylic acids is 1. The van der Waals surface area contributed by atoms with Crippen LogP contribution in [0.25, 0.3) is 0 Å². The SMILES string of the molecule is CN(C)CCNC(=O)[C@H]1C[C@H]2[C@H](CCN2Cc2cccc(C#N)c2)O1.O=C(O)C(F)(F)F.O=C(O)C(F)(F)F. The van der Waals surface area contributed by atoms with E-state index in [2.05, 4.69) is 22.4 Å². The highest BCUT2D eigenvalue weighted by molar-refractivity contribution is 5.81. The molecule has 1 aromatic rings. The zero-order chi connectivity index (χ0) is 30.0. The number of aliphatic carboxylic acids is 2. The van der Waals surface area contributed by atoms with E-state index in [1.807, 2.05) is 37.2 Å². The number of ether oxygens (including phenoxy) is 1. The van der Waals surface area contributed by atoms with E-state index in [1.54, 1.807) is 0 Å². The summed E-state index contributed by atoms with van der Waals surface area (Å²) >= 11 is 0. The summed E-state index contributed by atoms with van der Waals surface area (Å²) in [5.41, 5.74) is 1.83. The van der Waals surface area contributed by atoms with Crippen molar-refractivity contribution in [3.63, 3.8) is 0 Å². The third-order valence-corrected chi connectivity index (χ3v) is 5.47. The highest BCUT2D eigenvalue weighted by Gasteiger charge is 2.45. The topological polar surface area (TPSA) is 143 Å². The lowest BCUT2D eigenvalue weighted by atomic mass is 10.1. The molecule has 2 aliphatic heterocycles. The molecule has 2 aliphatic rings. The number of nitriles is 1. The smallest absolute Gasteiger partial charge is 0.475 e. The molecule has 2 fully saturated rings. The zero-order valence-electron chi connectivity index (χ0n) is 20.9. The van der Waals surface area contributed by atoms with Crippen LogP contribution in [0, 0.1) is 11.3 Å². The monoisotopic (exact) mass is 570 g/mol. The van der Waals surface area contributed by atoms with Gasteiger partial charge >= 0.3 is 24.3 Å². The lowest BCUT2D eigenvalue weighted by Gasteiger charge is -2.22. The van der Waals surface area contributed by atoms with Crippen LogP contribution in [0.5, 0.6) is 0 Å². The standard InChI is InChI=1S/C19H26N4O2.2C2HF3O2/c1-22(2)9-7-21-19(24)18-11-16-17(25-18)6-8-23(16)13-15-5-3-4-14(10-15)12-20;2*3-2(4,5)1(6)7/h3-5,10,16-18H,6-9,11,13H2,1-2H3,(H,21,24);2*(H,6,7)/t16-,17-,18+;;/m0../s1. The number of carbonyl (C=O) groups is 3. The second-order valence-electron chi connectivity index (χ2n) is 8.74. The van der Waals surface area contributed by atoms with E-state index in [-0.39, 0.29) is 24.2 Å². The number of nitrogens with zero attached hydrogens (tertiary/aromatic N) is 3. The summed E-state index contributed by atoms with van der Waals surface area (Å²) in [6.45, 7) is 3.24. The summed E-state index contributed by atoms with van der Waals surface area (Å²) in [6, 6.07) is 10.2. The van der Waals surface area contributed by atoms with E-state index >= 15 is 0 Å². The highest BCUT2D eigenvalue weighted by Crippen LogP contribution is 2.34. The van der Waals surface area contributed by atoms with Crippen molar-refractivity contribution in [2.24, 2.45) is 0 Å². The molecule has 0 saturated carbocycles. The third kappa shape index (κ3) is 11.9. The number of likely N-dealkylation sites (N-methyl/N-ethyl adjacent to an activating group) is 1. The first kappa shape index (κ1) is 33.6. The number of rotatable bonds is 6. The molecular formula is C23H28F6N4O6. The van der Waals surface area contributed by atoms with Crippen LogP contribution < -0.4 is 5.32 Å². The molecule has 218 valence electrons. The largest absolute Gasteiger partial charge is 0.490 e. The van der Waals surface area contributed by atoms with Crippen molar-refractivity contribution in [2.75, 3.05) is 33.7 Å². The van der Waals surface area contributed by atoms with Gasteiger partial charge in [-0.25, -0.2) is 9.59 Å². The predicted octanol–water partition coefficient (Wildman–Crippen LogP) is 2.23. The molecule has 16 heteroatoms. The number of hydrogen-bond donors (Lipinski definition) is 3. The first-order valence-corrected chi connectivity index (χ1v) is 11.4. The Morgan fingerprint density at radius 1 is 1.13 bits per heavy atom. The molecule has 3 N–H and O–H groups in total. The molecule has 0 spiro atoms. The van der Waals surface area contributed by atoms with Gasteiger partial charge in [-0.15, -0.1) is 0 Å². The minimum absolute atomic E-state index is 0.00248. The minimum atomic E-state index is -5.08. The summed E-state index contributed by atoms with van der Waals surface area (Å²) in [5, 5.41) is 26.3. The number of hydrogen-bond acceptors (Lipinski definition) is 7. The number of benzene rings is 1. The van der Waals surface area contributed by atoms with Gasteiger partial charge in [0.05, 0.1) is 17.7 Å².